The molecule has 2 unspecified atom stereocenters. The lowest BCUT2D eigenvalue weighted by atomic mass is 10.0. The molecule has 100 valence electrons. The van der Waals surface area contributed by atoms with Gasteiger partial charge in [0.1, 0.15) is 6.61 Å². The zero-order valence-electron chi connectivity index (χ0n) is 10.9. The first kappa shape index (κ1) is 15.9. The van der Waals surface area contributed by atoms with Crippen LogP contribution in [0.2, 0.25) is 0 Å². The Hall–Kier alpha value is -1.10. The van der Waals surface area contributed by atoms with E-state index in [1.807, 2.05) is 20.8 Å². The van der Waals surface area contributed by atoms with Crippen LogP contribution in [0.3, 0.4) is 0 Å². The van der Waals surface area contributed by atoms with Gasteiger partial charge in [-0.1, -0.05) is 20.3 Å². The maximum atomic E-state index is 11.4. The number of hydrogen-bond donors (Lipinski definition) is 2. The van der Waals surface area contributed by atoms with E-state index in [1.54, 1.807) is 0 Å². The van der Waals surface area contributed by atoms with E-state index in [0.717, 1.165) is 12.8 Å². The van der Waals surface area contributed by atoms with Crippen LogP contribution in [0, 0.1) is 5.92 Å². The number of carboxylic acids is 1. The third kappa shape index (κ3) is 7.74. The van der Waals surface area contributed by atoms with Crippen molar-refractivity contribution >= 4 is 11.9 Å². The van der Waals surface area contributed by atoms with Crippen LogP contribution in [0.15, 0.2) is 0 Å². The molecule has 0 heterocycles. The number of amides is 1. The van der Waals surface area contributed by atoms with E-state index in [2.05, 4.69) is 5.32 Å². The fourth-order valence-corrected chi connectivity index (χ4v) is 1.29. The molecule has 0 aliphatic heterocycles. The molecule has 0 rings (SSSR count). The van der Waals surface area contributed by atoms with Crippen LogP contribution >= 0.6 is 0 Å². The molecule has 17 heavy (non-hydrogen) atoms. The Morgan fingerprint density at radius 3 is 2.47 bits per heavy atom. The molecule has 0 spiro atoms. The Balaban J connectivity index is 3.84. The van der Waals surface area contributed by atoms with E-state index in [0.29, 0.717) is 6.42 Å². The van der Waals surface area contributed by atoms with Crippen LogP contribution in [0.5, 0.6) is 0 Å². The van der Waals surface area contributed by atoms with Crippen molar-refractivity contribution < 1.29 is 19.4 Å². The van der Waals surface area contributed by atoms with Gasteiger partial charge in [-0.25, -0.2) is 0 Å². The summed E-state index contributed by atoms with van der Waals surface area (Å²) < 4.78 is 5.25. The molecule has 1 amide bonds. The molecule has 2 N–H and O–H groups in total. The van der Waals surface area contributed by atoms with Crippen molar-refractivity contribution in [2.75, 3.05) is 13.2 Å². The molecule has 0 saturated carbocycles. The normalized spacial score (nSPS) is 14.1. The molecule has 0 aliphatic rings. The maximum Gasteiger partial charge on any atom is 0.308 e. The molecule has 5 heteroatoms. The minimum absolute atomic E-state index is 0.00648. The van der Waals surface area contributed by atoms with Gasteiger partial charge in [0.05, 0.1) is 12.0 Å². The lowest BCUT2D eigenvalue weighted by Gasteiger charge is -2.14. The molecule has 0 aromatic carbocycles. The highest BCUT2D eigenvalue weighted by Crippen LogP contribution is 2.05. The number of hydrogen-bond acceptors (Lipinski definition) is 3. The van der Waals surface area contributed by atoms with Gasteiger partial charge in [0.15, 0.2) is 0 Å². The maximum absolute atomic E-state index is 11.4. The van der Waals surface area contributed by atoms with Gasteiger partial charge in [-0.15, -0.1) is 0 Å². The third-order valence-electron chi connectivity index (χ3n) is 2.61. The first-order valence-electron chi connectivity index (χ1n) is 6.12. The standard InChI is InChI=1S/C12H23NO4/c1-4-6-10(12(15)16)7-13-11(14)8-17-9(3)5-2/h9-10H,4-8H2,1-3H3,(H,13,14)(H,15,16). The quantitative estimate of drug-likeness (QED) is 0.644. The molecule has 0 bridgehead atoms. The molecule has 0 aliphatic carbocycles. The third-order valence-corrected chi connectivity index (χ3v) is 2.61. The molecule has 0 radical (unpaired) electrons. The van der Waals surface area contributed by atoms with Crippen LogP contribution < -0.4 is 5.32 Å². The van der Waals surface area contributed by atoms with Crippen molar-refractivity contribution in [1.82, 2.24) is 5.32 Å². The number of ether oxygens (including phenoxy) is 1. The highest BCUT2D eigenvalue weighted by molar-refractivity contribution is 5.78. The van der Waals surface area contributed by atoms with Crippen LogP contribution in [-0.4, -0.2) is 36.2 Å². The van der Waals surface area contributed by atoms with Gasteiger partial charge in [-0.2, -0.15) is 0 Å². The number of carbonyl (C=O) groups excluding carboxylic acids is 1. The molecule has 0 fully saturated rings. The summed E-state index contributed by atoms with van der Waals surface area (Å²) in [5, 5.41) is 11.5. The van der Waals surface area contributed by atoms with Crippen LogP contribution in [0.25, 0.3) is 0 Å². The predicted octanol–water partition coefficient (Wildman–Crippen LogP) is 1.42. The molecular formula is C12H23NO4. The first-order valence-corrected chi connectivity index (χ1v) is 6.12. The largest absolute Gasteiger partial charge is 0.481 e. The highest BCUT2D eigenvalue weighted by atomic mass is 16.5. The fraction of sp³-hybridized carbons (Fsp3) is 0.833. The van der Waals surface area contributed by atoms with Gasteiger partial charge < -0.3 is 15.2 Å². The van der Waals surface area contributed by atoms with Crippen LogP contribution in [-0.2, 0) is 14.3 Å². The Kier molecular flexibility index (Phi) is 8.40. The van der Waals surface area contributed by atoms with Gasteiger partial charge in [0, 0.05) is 6.54 Å². The second-order valence-corrected chi connectivity index (χ2v) is 4.16. The van der Waals surface area contributed by atoms with Crippen molar-refractivity contribution in [3.8, 4) is 0 Å². The summed E-state index contributed by atoms with van der Waals surface area (Å²) in [6, 6.07) is 0. The highest BCUT2D eigenvalue weighted by Gasteiger charge is 2.17. The lowest BCUT2D eigenvalue weighted by molar-refractivity contribution is -0.142. The lowest BCUT2D eigenvalue weighted by Crippen LogP contribution is -2.35. The molecule has 0 aromatic heterocycles. The number of carbonyl (C=O) groups is 2. The van der Waals surface area contributed by atoms with Gasteiger partial charge >= 0.3 is 5.97 Å². The van der Waals surface area contributed by atoms with Crippen molar-refractivity contribution in [3.05, 3.63) is 0 Å². The van der Waals surface area contributed by atoms with E-state index in [9.17, 15) is 9.59 Å². The fourth-order valence-electron chi connectivity index (χ4n) is 1.29. The summed E-state index contributed by atoms with van der Waals surface area (Å²) in [4.78, 5) is 22.2. The Morgan fingerprint density at radius 2 is 2.00 bits per heavy atom. The summed E-state index contributed by atoms with van der Waals surface area (Å²) in [7, 11) is 0. The summed E-state index contributed by atoms with van der Waals surface area (Å²) in [5.74, 6) is -1.63. The number of rotatable bonds is 9. The average Bonchev–Trinajstić information content (AvgIpc) is 2.30. The van der Waals surface area contributed by atoms with Gasteiger partial charge in [0.25, 0.3) is 0 Å². The second kappa shape index (κ2) is 8.98. The Morgan fingerprint density at radius 1 is 1.35 bits per heavy atom. The summed E-state index contributed by atoms with van der Waals surface area (Å²) in [6.45, 7) is 5.96. The summed E-state index contributed by atoms with van der Waals surface area (Å²) in [6.07, 6.45) is 2.26. The van der Waals surface area contributed by atoms with Crippen molar-refractivity contribution in [3.63, 3.8) is 0 Å². The van der Waals surface area contributed by atoms with E-state index in [-0.39, 0.29) is 25.2 Å². The summed E-state index contributed by atoms with van der Waals surface area (Å²) in [5.41, 5.74) is 0. The van der Waals surface area contributed by atoms with E-state index in [4.69, 9.17) is 9.84 Å². The Bertz CT molecular complexity index is 243. The SMILES string of the molecule is CCCC(CNC(=O)COC(C)CC)C(=O)O. The average molecular weight is 245 g/mol. The van der Waals surface area contributed by atoms with E-state index < -0.39 is 11.9 Å². The van der Waals surface area contributed by atoms with Crippen LogP contribution in [0.1, 0.15) is 40.0 Å². The van der Waals surface area contributed by atoms with Crippen molar-refractivity contribution in [1.29, 1.82) is 0 Å². The number of aliphatic carboxylic acids is 1. The molecule has 0 saturated heterocycles. The topological polar surface area (TPSA) is 75.6 Å². The molecule has 2 atom stereocenters. The number of nitrogens with one attached hydrogen (secondary N) is 1. The van der Waals surface area contributed by atoms with Crippen molar-refractivity contribution in [2.45, 2.75) is 46.1 Å². The van der Waals surface area contributed by atoms with Gasteiger partial charge in [-0.3, -0.25) is 9.59 Å². The van der Waals surface area contributed by atoms with Crippen LogP contribution in [0.4, 0.5) is 0 Å². The molecule has 5 nitrogen and oxygen atoms in total. The van der Waals surface area contributed by atoms with Gasteiger partial charge in [-0.05, 0) is 19.8 Å². The van der Waals surface area contributed by atoms with Gasteiger partial charge in [0.2, 0.25) is 5.91 Å². The molecular weight excluding hydrogens is 222 g/mol. The smallest absolute Gasteiger partial charge is 0.308 e. The van der Waals surface area contributed by atoms with E-state index in [1.165, 1.54) is 0 Å². The summed E-state index contributed by atoms with van der Waals surface area (Å²) >= 11 is 0. The number of carboxylic acid groups (broad SMARTS) is 1. The van der Waals surface area contributed by atoms with Crippen molar-refractivity contribution in [2.24, 2.45) is 5.92 Å². The molecule has 0 aromatic rings. The van der Waals surface area contributed by atoms with E-state index >= 15 is 0 Å². The zero-order chi connectivity index (χ0) is 13.3. The zero-order valence-corrected chi connectivity index (χ0v) is 10.9. The first-order chi connectivity index (χ1) is 8.01. The Labute approximate surface area is 103 Å². The monoisotopic (exact) mass is 245 g/mol. The minimum atomic E-state index is -0.866. The second-order valence-electron chi connectivity index (χ2n) is 4.16. The predicted molar refractivity (Wildman–Crippen MR) is 64.7 cm³/mol. The minimum Gasteiger partial charge on any atom is -0.481 e.